The lowest BCUT2D eigenvalue weighted by atomic mass is 9.86. The van der Waals surface area contributed by atoms with E-state index in [1.54, 1.807) is 0 Å². The molecule has 1 unspecified atom stereocenters. The highest BCUT2D eigenvalue weighted by atomic mass is 15.1. The minimum Gasteiger partial charge on any atom is -0.299 e. The van der Waals surface area contributed by atoms with Crippen LogP contribution in [0.15, 0.2) is 79.1 Å². The first-order valence-corrected chi connectivity index (χ1v) is 19.8. The van der Waals surface area contributed by atoms with E-state index in [0.29, 0.717) is 23.3 Å². The molecule has 1 aliphatic carbocycles. The van der Waals surface area contributed by atoms with Crippen LogP contribution in [0.3, 0.4) is 0 Å². The van der Waals surface area contributed by atoms with Crippen molar-refractivity contribution in [1.82, 2.24) is 14.5 Å². The normalized spacial score (nSPS) is 16.1. The standard InChI is InChI=1S/C41H44N4.C5H12.C2H6/c1-9-32-23-41(32,8)38-17-15-29(34-13-11-10-12-30(34)24-42)20-37(38)40-43-18-19-45(40)39-35(25(2)3)21-31(22-36(39)26(4)5)33-16-14-27(6)44-28(33)7;1-3-5-4-2;1-2/h10-22,25-26,32H,9,23H2,1-8H3;3-5H2,1-2H3;1-2H3/t32-,41?;;/m0../s1. The van der Waals surface area contributed by atoms with Crippen molar-refractivity contribution < 1.29 is 0 Å². The fraction of sp³-hybridized carbons (Fsp3) is 0.438. The van der Waals surface area contributed by atoms with E-state index in [1.807, 2.05) is 51.2 Å². The van der Waals surface area contributed by atoms with Crippen LogP contribution in [0.5, 0.6) is 0 Å². The molecular formula is C48H62N4. The quantitative estimate of drug-likeness (QED) is 0.146. The Kier molecular flexibility index (Phi) is 13.8. The van der Waals surface area contributed by atoms with Gasteiger partial charge in [0.25, 0.3) is 0 Å². The van der Waals surface area contributed by atoms with Crippen LogP contribution in [0.4, 0.5) is 0 Å². The molecule has 1 fully saturated rings. The Morgan fingerprint density at radius 2 is 1.48 bits per heavy atom. The van der Waals surface area contributed by atoms with Crippen LogP contribution >= 0.6 is 0 Å². The van der Waals surface area contributed by atoms with Crippen LogP contribution in [0.1, 0.15) is 147 Å². The maximum Gasteiger partial charge on any atom is 0.144 e. The molecule has 0 amide bonds. The van der Waals surface area contributed by atoms with Crippen LogP contribution in [0.2, 0.25) is 0 Å². The number of unbranched alkanes of at least 4 members (excludes halogenated alkanes) is 2. The minimum atomic E-state index is 0.107. The summed E-state index contributed by atoms with van der Waals surface area (Å²) in [5.74, 6) is 2.20. The zero-order valence-corrected chi connectivity index (χ0v) is 34.1. The first kappa shape index (κ1) is 40.3. The van der Waals surface area contributed by atoms with Gasteiger partial charge in [0.1, 0.15) is 5.82 Å². The van der Waals surface area contributed by atoms with E-state index in [2.05, 4.69) is 122 Å². The molecule has 0 bridgehead atoms. The van der Waals surface area contributed by atoms with Gasteiger partial charge < -0.3 is 0 Å². The molecule has 1 saturated carbocycles. The second kappa shape index (κ2) is 17.8. The lowest BCUT2D eigenvalue weighted by molar-refractivity contribution is 0.643. The largest absolute Gasteiger partial charge is 0.299 e. The zero-order chi connectivity index (χ0) is 38.2. The third-order valence-corrected chi connectivity index (χ3v) is 10.7. The maximum atomic E-state index is 9.92. The van der Waals surface area contributed by atoms with Gasteiger partial charge in [0.05, 0.1) is 17.3 Å². The highest BCUT2D eigenvalue weighted by molar-refractivity contribution is 5.79. The molecule has 274 valence electrons. The third kappa shape index (κ3) is 8.42. The van der Waals surface area contributed by atoms with Crippen molar-refractivity contribution in [3.05, 3.63) is 113 Å². The Labute approximate surface area is 315 Å². The van der Waals surface area contributed by atoms with Crippen LogP contribution in [0, 0.1) is 31.1 Å². The van der Waals surface area contributed by atoms with Crippen molar-refractivity contribution in [3.63, 3.8) is 0 Å². The number of nitrogens with zero attached hydrogens (tertiary/aromatic N) is 4. The first-order valence-electron chi connectivity index (χ1n) is 19.8. The summed E-state index contributed by atoms with van der Waals surface area (Å²) in [7, 11) is 0. The van der Waals surface area contributed by atoms with Crippen molar-refractivity contribution in [1.29, 1.82) is 5.26 Å². The highest BCUT2D eigenvalue weighted by Gasteiger charge is 2.51. The Balaban J connectivity index is 0.000000797. The van der Waals surface area contributed by atoms with Gasteiger partial charge in [-0.1, -0.05) is 131 Å². The molecule has 0 spiro atoms. The molecule has 2 atom stereocenters. The number of benzene rings is 3. The molecule has 1 aliphatic rings. The number of imidazole rings is 1. The predicted molar refractivity (Wildman–Crippen MR) is 222 cm³/mol. The topological polar surface area (TPSA) is 54.5 Å². The van der Waals surface area contributed by atoms with Crippen LogP contribution in [-0.2, 0) is 5.41 Å². The molecule has 6 rings (SSSR count). The number of pyridine rings is 1. The molecule has 0 radical (unpaired) electrons. The smallest absolute Gasteiger partial charge is 0.144 e. The van der Waals surface area contributed by atoms with Gasteiger partial charge in [-0.25, -0.2) is 4.98 Å². The van der Waals surface area contributed by atoms with Crippen molar-refractivity contribution in [2.24, 2.45) is 5.92 Å². The van der Waals surface area contributed by atoms with E-state index in [1.165, 1.54) is 59.2 Å². The summed E-state index contributed by atoms with van der Waals surface area (Å²) in [6.07, 6.45) is 10.5. The lowest BCUT2D eigenvalue weighted by Gasteiger charge is -2.25. The summed E-state index contributed by atoms with van der Waals surface area (Å²) in [6.45, 7) is 26.4. The zero-order valence-electron chi connectivity index (χ0n) is 34.1. The highest BCUT2D eigenvalue weighted by Crippen LogP contribution is 2.58. The van der Waals surface area contributed by atoms with Crippen molar-refractivity contribution in [3.8, 4) is 45.4 Å². The average molecular weight is 695 g/mol. The molecular weight excluding hydrogens is 633 g/mol. The van der Waals surface area contributed by atoms with Crippen LogP contribution < -0.4 is 0 Å². The Hall–Kier alpha value is -4.49. The summed E-state index contributed by atoms with van der Waals surface area (Å²) in [5, 5.41) is 9.92. The van der Waals surface area contributed by atoms with E-state index >= 15 is 0 Å². The van der Waals surface area contributed by atoms with Gasteiger partial charge in [-0.15, -0.1) is 0 Å². The second-order valence-electron chi connectivity index (χ2n) is 15.0. The fourth-order valence-electron chi connectivity index (χ4n) is 7.63. The number of hydrogen-bond acceptors (Lipinski definition) is 3. The van der Waals surface area contributed by atoms with Crippen LogP contribution in [-0.4, -0.2) is 14.5 Å². The molecule has 2 heterocycles. The number of aryl methyl sites for hydroxylation is 2. The van der Waals surface area contributed by atoms with Gasteiger partial charge >= 0.3 is 0 Å². The van der Waals surface area contributed by atoms with Gasteiger partial charge in [0, 0.05) is 34.9 Å². The predicted octanol–water partition coefficient (Wildman–Crippen LogP) is 13.9. The first-order chi connectivity index (χ1) is 25.0. The van der Waals surface area contributed by atoms with Gasteiger partial charge in [-0.3, -0.25) is 9.55 Å². The fourth-order valence-corrected chi connectivity index (χ4v) is 7.63. The summed E-state index contributed by atoms with van der Waals surface area (Å²) in [4.78, 5) is 9.87. The SMILES string of the molecule is CC.CCCCC.CC[C@H]1CC1(C)c1ccc(-c2ccccc2C#N)cc1-c1nccn1-c1c(C(C)C)cc(-c2ccc(C)nc2C)cc1C(C)C. The number of hydrogen-bond donors (Lipinski definition) is 0. The molecule has 4 nitrogen and oxygen atoms in total. The van der Waals surface area contributed by atoms with Gasteiger partial charge in [0.2, 0.25) is 0 Å². The number of aromatic nitrogens is 3. The monoisotopic (exact) mass is 694 g/mol. The molecule has 0 N–H and O–H groups in total. The third-order valence-electron chi connectivity index (χ3n) is 10.7. The second-order valence-corrected chi connectivity index (χ2v) is 15.0. The van der Waals surface area contributed by atoms with E-state index in [9.17, 15) is 5.26 Å². The van der Waals surface area contributed by atoms with Gasteiger partial charge in [-0.2, -0.15) is 5.26 Å². The summed E-state index contributed by atoms with van der Waals surface area (Å²) >= 11 is 0. The Morgan fingerprint density at radius 3 is 2.02 bits per heavy atom. The average Bonchev–Trinajstić information content (AvgIpc) is 3.58. The molecule has 3 aromatic carbocycles. The summed E-state index contributed by atoms with van der Waals surface area (Å²) < 4.78 is 2.33. The molecule has 52 heavy (non-hydrogen) atoms. The summed E-state index contributed by atoms with van der Waals surface area (Å²) in [6, 6.07) is 26.1. The maximum absolute atomic E-state index is 9.92. The number of nitriles is 1. The lowest BCUT2D eigenvalue weighted by Crippen LogP contribution is -2.12. The molecule has 5 aromatic rings. The van der Waals surface area contributed by atoms with Crippen molar-refractivity contribution in [2.45, 2.75) is 132 Å². The Bertz CT molecular complexity index is 1960. The van der Waals surface area contributed by atoms with Gasteiger partial charge in [0.15, 0.2) is 0 Å². The molecule has 0 aliphatic heterocycles. The van der Waals surface area contributed by atoms with Gasteiger partial charge in [-0.05, 0) is 107 Å². The minimum absolute atomic E-state index is 0.107. The van der Waals surface area contributed by atoms with Crippen molar-refractivity contribution in [2.75, 3.05) is 0 Å². The molecule has 0 saturated heterocycles. The van der Waals surface area contributed by atoms with Crippen LogP contribution in [0.25, 0.3) is 39.3 Å². The number of rotatable bonds is 10. The van der Waals surface area contributed by atoms with E-state index in [-0.39, 0.29) is 5.41 Å². The van der Waals surface area contributed by atoms with E-state index in [0.717, 1.165) is 40.3 Å². The molecule has 4 heteroatoms. The Morgan fingerprint density at radius 1 is 0.827 bits per heavy atom. The summed E-state index contributed by atoms with van der Waals surface area (Å²) in [5.41, 5.74) is 13.6. The molecule has 2 aromatic heterocycles. The van der Waals surface area contributed by atoms with Crippen molar-refractivity contribution >= 4 is 0 Å². The van der Waals surface area contributed by atoms with E-state index < -0.39 is 0 Å². The van der Waals surface area contributed by atoms with E-state index in [4.69, 9.17) is 9.97 Å².